The lowest BCUT2D eigenvalue weighted by molar-refractivity contribution is 0.251. The van der Waals surface area contributed by atoms with Crippen LogP contribution in [0.4, 0.5) is 16.3 Å². The summed E-state index contributed by atoms with van der Waals surface area (Å²) in [6.45, 7) is 2.55. The molecular formula is C15H18N4O2. The fraction of sp³-hybridized carbons (Fsp3) is 0.333. The summed E-state index contributed by atoms with van der Waals surface area (Å²) in [6, 6.07) is 5.37. The number of anilines is 2. The predicted octanol–water partition coefficient (Wildman–Crippen LogP) is 2.60. The molecule has 3 rings (SSSR count). The maximum absolute atomic E-state index is 11.8. The molecule has 2 amide bonds. The summed E-state index contributed by atoms with van der Waals surface area (Å²) in [7, 11) is 0. The number of hydrogen-bond donors (Lipinski definition) is 2. The van der Waals surface area contributed by atoms with Crippen molar-refractivity contribution in [2.75, 3.05) is 23.3 Å². The van der Waals surface area contributed by atoms with Gasteiger partial charge in [0, 0.05) is 25.2 Å². The second-order valence-corrected chi connectivity index (χ2v) is 5.04. The van der Waals surface area contributed by atoms with Crippen LogP contribution in [0.15, 0.2) is 41.3 Å². The Morgan fingerprint density at radius 2 is 2.14 bits per heavy atom. The summed E-state index contributed by atoms with van der Waals surface area (Å²) in [5, 5.41) is 5.52. The molecule has 2 N–H and O–H groups in total. The second kappa shape index (κ2) is 6.30. The molecule has 21 heavy (non-hydrogen) atoms. The van der Waals surface area contributed by atoms with E-state index in [1.54, 1.807) is 18.7 Å². The van der Waals surface area contributed by atoms with Crippen LogP contribution >= 0.6 is 0 Å². The average molecular weight is 286 g/mol. The molecule has 2 aromatic rings. The molecule has 0 unspecified atom stereocenters. The summed E-state index contributed by atoms with van der Waals surface area (Å²) in [5.41, 5.74) is 1.61. The third-order valence-electron chi connectivity index (χ3n) is 3.47. The van der Waals surface area contributed by atoms with E-state index in [0.717, 1.165) is 24.5 Å². The van der Waals surface area contributed by atoms with Crippen molar-refractivity contribution >= 4 is 17.5 Å². The molecule has 1 saturated heterocycles. The molecule has 0 atom stereocenters. The van der Waals surface area contributed by atoms with Gasteiger partial charge in [-0.1, -0.05) is 0 Å². The summed E-state index contributed by atoms with van der Waals surface area (Å²) < 4.78 is 4.94. The third kappa shape index (κ3) is 3.53. The standard InChI is InChI=1S/C15H18N4O2/c20-15(17-9-12-5-8-21-11-12)18-13-3-4-14(16-10-13)19-6-1-2-7-19/h3-5,8,10-11H,1-2,6-7,9H2,(H2,17,18,20). The Labute approximate surface area is 123 Å². The van der Waals surface area contributed by atoms with Crippen molar-refractivity contribution in [3.63, 3.8) is 0 Å². The number of rotatable bonds is 4. The molecule has 0 spiro atoms. The molecule has 0 saturated carbocycles. The van der Waals surface area contributed by atoms with Crippen LogP contribution in [-0.4, -0.2) is 24.1 Å². The predicted molar refractivity (Wildman–Crippen MR) is 80.3 cm³/mol. The maximum Gasteiger partial charge on any atom is 0.319 e. The largest absolute Gasteiger partial charge is 0.472 e. The number of aromatic nitrogens is 1. The maximum atomic E-state index is 11.8. The monoisotopic (exact) mass is 286 g/mol. The van der Waals surface area contributed by atoms with Crippen LogP contribution < -0.4 is 15.5 Å². The van der Waals surface area contributed by atoms with Crippen molar-refractivity contribution in [1.29, 1.82) is 0 Å². The van der Waals surface area contributed by atoms with Gasteiger partial charge in [-0.15, -0.1) is 0 Å². The van der Waals surface area contributed by atoms with Gasteiger partial charge in [0.05, 0.1) is 24.4 Å². The lowest BCUT2D eigenvalue weighted by Crippen LogP contribution is -2.28. The highest BCUT2D eigenvalue weighted by Gasteiger charge is 2.13. The van der Waals surface area contributed by atoms with E-state index in [1.807, 2.05) is 18.2 Å². The van der Waals surface area contributed by atoms with Gasteiger partial charge in [-0.2, -0.15) is 0 Å². The smallest absolute Gasteiger partial charge is 0.319 e. The van der Waals surface area contributed by atoms with Gasteiger partial charge in [-0.05, 0) is 31.0 Å². The van der Waals surface area contributed by atoms with Crippen molar-refractivity contribution in [2.24, 2.45) is 0 Å². The Kier molecular flexibility index (Phi) is 4.04. The van der Waals surface area contributed by atoms with Crippen LogP contribution in [0.5, 0.6) is 0 Å². The zero-order valence-electron chi connectivity index (χ0n) is 11.7. The normalized spacial score (nSPS) is 14.2. The highest BCUT2D eigenvalue weighted by Crippen LogP contribution is 2.18. The second-order valence-electron chi connectivity index (χ2n) is 5.04. The van der Waals surface area contributed by atoms with Crippen molar-refractivity contribution in [1.82, 2.24) is 10.3 Å². The summed E-state index contributed by atoms with van der Waals surface area (Å²) in [4.78, 5) is 18.4. The van der Waals surface area contributed by atoms with E-state index in [9.17, 15) is 4.79 Å². The SMILES string of the molecule is O=C(NCc1ccoc1)Nc1ccc(N2CCCC2)nc1. The molecule has 2 aromatic heterocycles. The topological polar surface area (TPSA) is 70.4 Å². The number of urea groups is 1. The molecule has 0 radical (unpaired) electrons. The van der Waals surface area contributed by atoms with E-state index < -0.39 is 0 Å². The van der Waals surface area contributed by atoms with Crippen molar-refractivity contribution in [3.05, 3.63) is 42.5 Å². The quantitative estimate of drug-likeness (QED) is 0.906. The Bertz CT molecular complexity index is 574. The van der Waals surface area contributed by atoms with E-state index in [-0.39, 0.29) is 6.03 Å². The number of carbonyl (C=O) groups excluding carboxylic acids is 1. The Morgan fingerprint density at radius 3 is 2.81 bits per heavy atom. The number of pyridine rings is 1. The van der Waals surface area contributed by atoms with Gasteiger partial charge in [0.2, 0.25) is 0 Å². The van der Waals surface area contributed by atoms with Gasteiger partial charge in [-0.3, -0.25) is 0 Å². The lowest BCUT2D eigenvalue weighted by Gasteiger charge is -2.16. The van der Waals surface area contributed by atoms with Crippen molar-refractivity contribution < 1.29 is 9.21 Å². The van der Waals surface area contributed by atoms with Gasteiger partial charge in [0.25, 0.3) is 0 Å². The first kappa shape index (κ1) is 13.5. The summed E-state index contributed by atoms with van der Waals surface area (Å²) >= 11 is 0. The summed E-state index contributed by atoms with van der Waals surface area (Å²) in [5.74, 6) is 0.969. The number of hydrogen-bond acceptors (Lipinski definition) is 4. The minimum Gasteiger partial charge on any atom is -0.472 e. The van der Waals surface area contributed by atoms with E-state index in [4.69, 9.17) is 4.42 Å². The van der Waals surface area contributed by atoms with Gasteiger partial charge in [0.15, 0.2) is 0 Å². The number of nitrogens with one attached hydrogen (secondary N) is 2. The molecule has 1 aliphatic rings. The molecule has 0 bridgehead atoms. The zero-order valence-corrected chi connectivity index (χ0v) is 11.7. The Morgan fingerprint density at radius 1 is 1.29 bits per heavy atom. The number of carbonyl (C=O) groups is 1. The Hall–Kier alpha value is -2.50. The number of amides is 2. The average Bonchev–Trinajstić information content (AvgIpc) is 3.19. The number of nitrogens with zero attached hydrogens (tertiary/aromatic N) is 2. The lowest BCUT2D eigenvalue weighted by atomic mass is 10.3. The molecule has 1 fully saturated rings. The fourth-order valence-electron chi connectivity index (χ4n) is 2.34. The van der Waals surface area contributed by atoms with Crippen LogP contribution in [0.2, 0.25) is 0 Å². The van der Waals surface area contributed by atoms with E-state index in [0.29, 0.717) is 12.2 Å². The zero-order chi connectivity index (χ0) is 14.5. The minimum absolute atomic E-state index is 0.257. The molecule has 3 heterocycles. The highest BCUT2D eigenvalue weighted by atomic mass is 16.3. The molecule has 110 valence electrons. The molecule has 6 heteroatoms. The highest BCUT2D eigenvalue weighted by molar-refractivity contribution is 5.89. The first-order chi connectivity index (χ1) is 10.3. The fourth-order valence-corrected chi connectivity index (χ4v) is 2.34. The van der Waals surface area contributed by atoms with Crippen LogP contribution in [0, 0.1) is 0 Å². The molecule has 0 aromatic carbocycles. The number of furan rings is 1. The molecule has 0 aliphatic carbocycles. The van der Waals surface area contributed by atoms with Crippen LogP contribution in [0.25, 0.3) is 0 Å². The van der Waals surface area contributed by atoms with Crippen LogP contribution in [0.3, 0.4) is 0 Å². The van der Waals surface area contributed by atoms with E-state index in [2.05, 4.69) is 20.5 Å². The summed E-state index contributed by atoms with van der Waals surface area (Å²) in [6.07, 6.45) is 7.31. The minimum atomic E-state index is -0.257. The van der Waals surface area contributed by atoms with Gasteiger partial charge in [0.1, 0.15) is 5.82 Å². The third-order valence-corrected chi connectivity index (χ3v) is 3.47. The van der Waals surface area contributed by atoms with Gasteiger partial charge < -0.3 is 20.0 Å². The Balaban J connectivity index is 1.51. The van der Waals surface area contributed by atoms with Crippen LogP contribution in [-0.2, 0) is 6.54 Å². The van der Waals surface area contributed by atoms with Gasteiger partial charge >= 0.3 is 6.03 Å². The molecular weight excluding hydrogens is 268 g/mol. The first-order valence-corrected chi connectivity index (χ1v) is 7.08. The van der Waals surface area contributed by atoms with Crippen molar-refractivity contribution in [2.45, 2.75) is 19.4 Å². The van der Waals surface area contributed by atoms with Crippen molar-refractivity contribution in [3.8, 4) is 0 Å². The van der Waals surface area contributed by atoms with Crippen LogP contribution in [0.1, 0.15) is 18.4 Å². The van der Waals surface area contributed by atoms with E-state index >= 15 is 0 Å². The van der Waals surface area contributed by atoms with Gasteiger partial charge in [-0.25, -0.2) is 9.78 Å². The molecule has 6 nitrogen and oxygen atoms in total. The van der Waals surface area contributed by atoms with E-state index in [1.165, 1.54) is 12.8 Å². The first-order valence-electron chi connectivity index (χ1n) is 7.08. The molecule has 1 aliphatic heterocycles.